The van der Waals surface area contributed by atoms with Crippen LogP contribution in [0, 0.1) is 0 Å². The van der Waals surface area contributed by atoms with Gasteiger partial charge in [0.1, 0.15) is 0 Å². The van der Waals surface area contributed by atoms with Crippen LogP contribution in [0.15, 0.2) is 0 Å². The average Bonchev–Trinajstić information content (AvgIpc) is 1.69. The zero-order valence-electron chi connectivity index (χ0n) is 3.99. The zero-order valence-corrected chi connectivity index (χ0v) is 9.12. The summed E-state index contributed by atoms with van der Waals surface area (Å²) in [4.78, 5) is 0. The number of rotatable bonds is 4. The summed E-state index contributed by atoms with van der Waals surface area (Å²) in [6.07, 6.45) is 2.77. The highest BCUT2D eigenvalue weighted by atomic mass is 127. The van der Waals surface area contributed by atoms with Gasteiger partial charge in [-0.3, -0.25) is 0 Å². The molecule has 0 aliphatic carbocycles. The van der Waals surface area contributed by atoms with Gasteiger partial charge >= 0.3 is 0 Å². The van der Waals surface area contributed by atoms with Crippen molar-refractivity contribution < 1.29 is 0 Å². The molecule has 0 aromatic rings. The van der Waals surface area contributed by atoms with E-state index in [-0.39, 0.29) is 0 Å². The molecule has 7 heavy (non-hydrogen) atoms. The van der Waals surface area contributed by atoms with Crippen molar-refractivity contribution in [2.45, 2.75) is 12.8 Å². The summed E-state index contributed by atoms with van der Waals surface area (Å²) in [5, 5.41) is 0. The Balaban J connectivity index is 2.45. The maximum atomic E-state index is 2.42. The van der Waals surface area contributed by atoms with Crippen LogP contribution < -0.4 is 0 Å². The molecule has 0 rings (SSSR count). The lowest BCUT2D eigenvalue weighted by Crippen LogP contribution is -1.75. The molecule has 0 amide bonds. The highest BCUT2D eigenvalue weighted by Gasteiger charge is 1.82. The molecule has 0 aromatic heterocycles. The third kappa shape index (κ3) is 7.81. The van der Waals surface area contributed by atoms with Crippen molar-refractivity contribution in [3.05, 3.63) is 0 Å². The van der Waals surface area contributed by atoms with Gasteiger partial charge in [0.15, 0.2) is 0 Å². The second kappa shape index (κ2) is 7.81. The molecule has 0 aliphatic rings. The Hall–Kier alpha value is 1.81. The molecule has 0 bridgehead atoms. The van der Waals surface area contributed by atoms with E-state index in [1.165, 1.54) is 23.0 Å². The van der Waals surface area contributed by atoms with Crippen molar-refractivity contribution in [2.24, 2.45) is 0 Å². The molecule has 0 nitrogen and oxygen atoms in total. The Morgan fingerprint density at radius 3 is 2.43 bits per heavy atom. The summed E-state index contributed by atoms with van der Waals surface area (Å²) in [5.74, 6) is 1.32. The minimum Gasteiger partial charge on any atom is -0.0894 e. The first-order chi connectivity index (χ1) is 3.41. The minimum atomic E-state index is 1.31. The van der Waals surface area contributed by atoms with Crippen molar-refractivity contribution in [1.29, 1.82) is 0 Å². The number of alkyl halides is 1. The number of unbranched alkanes of at least 4 members (excludes halogenated alkanes) is 1. The maximum Gasteiger partial charge on any atom is 0.00337 e. The Morgan fingerprint density at radius 1 is 1.29 bits per heavy atom. The maximum absolute atomic E-state index is 2.42. The monoisotopic (exact) mass is 342 g/mol. The molecule has 44 valence electrons. The molecular weight excluding hydrogens is 334 g/mol. The van der Waals surface area contributed by atoms with Crippen molar-refractivity contribution in [2.75, 3.05) is 10.2 Å². The van der Waals surface area contributed by atoms with Crippen LogP contribution in [0.4, 0.5) is 0 Å². The van der Waals surface area contributed by atoms with Crippen molar-refractivity contribution in [3.8, 4) is 0 Å². The molecule has 0 unspecified atom stereocenters. The lowest BCUT2D eigenvalue weighted by atomic mass is 10.4. The van der Waals surface area contributed by atoms with Gasteiger partial charge in [0.25, 0.3) is 0 Å². The van der Waals surface area contributed by atoms with Crippen LogP contribution in [0.5, 0.6) is 0 Å². The van der Waals surface area contributed by atoms with Crippen LogP contribution >= 0.6 is 52.7 Å². The molecule has 0 radical (unpaired) electrons. The van der Waals surface area contributed by atoms with Gasteiger partial charge in [0.05, 0.1) is 0 Å². The lowest BCUT2D eigenvalue weighted by molar-refractivity contribution is 0.921. The zero-order chi connectivity index (χ0) is 5.54. The Bertz CT molecular complexity index is 28.9. The van der Waals surface area contributed by atoms with E-state index < -0.39 is 0 Å². The van der Waals surface area contributed by atoms with Crippen LogP contribution in [0.3, 0.4) is 0 Å². The van der Waals surface area contributed by atoms with Gasteiger partial charge in [-0.15, -0.1) is 0 Å². The van der Waals surface area contributed by atoms with Crippen LogP contribution in [0.2, 0.25) is 0 Å². The van der Waals surface area contributed by atoms with E-state index in [0.717, 1.165) is 0 Å². The summed E-state index contributed by atoms with van der Waals surface area (Å²) in [6.45, 7) is 0. The number of hydrogen-bond acceptors (Lipinski definition) is 1. The van der Waals surface area contributed by atoms with Gasteiger partial charge in [0.2, 0.25) is 0 Å². The van der Waals surface area contributed by atoms with Crippen molar-refractivity contribution in [3.63, 3.8) is 0 Å². The van der Waals surface area contributed by atoms with Crippen LogP contribution in [0.1, 0.15) is 12.8 Å². The first-order valence-corrected chi connectivity index (χ1v) is 7.26. The van der Waals surface area contributed by atoms with Gasteiger partial charge in [-0.1, -0.05) is 31.5 Å². The normalized spacial score (nSPS) is 9.43. The van der Waals surface area contributed by atoms with Gasteiger partial charge in [-0.05, 0) is 38.5 Å². The summed E-state index contributed by atoms with van der Waals surface area (Å²) < 4.78 is 1.31. The van der Waals surface area contributed by atoms with E-state index in [9.17, 15) is 0 Å². The minimum absolute atomic E-state index is 1.31. The summed E-state index contributed by atoms with van der Waals surface area (Å²) in [7, 11) is 1.91. The van der Waals surface area contributed by atoms with Crippen LogP contribution in [-0.2, 0) is 0 Å². The quantitative estimate of drug-likeness (QED) is 0.429. The van der Waals surface area contributed by atoms with E-state index >= 15 is 0 Å². The first-order valence-electron chi connectivity index (χ1n) is 2.21. The van der Waals surface area contributed by atoms with Gasteiger partial charge in [-0.2, -0.15) is 0 Å². The van der Waals surface area contributed by atoms with Crippen molar-refractivity contribution in [1.82, 2.24) is 0 Å². The lowest BCUT2D eigenvalue weighted by Gasteiger charge is -1.88. The molecule has 0 spiro atoms. The predicted molar refractivity (Wildman–Crippen MR) is 54.6 cm³/mol. The fraction of sp³-hybridized carbons (Fsp3) is 1.00. The van der Waals surface area contributed by atoms with E-state index in [1.807, 2.05) is 8.93 Å². The van der Waals surface area contributed by atoms with Crippen LogP contribution in [-0.4, -0.2) is 10.2 Å². The summed E-state index contributed by atoms with van der Waals surface area (Å²) in [5.41, 5.74) is 0. The predicted octanol–water partition coefficient (Wildman–Crippen LogP) is 3.28. The van der Waals surface area contributed by atoms with Crippen molar-refractivity contribution >= 4 is 52.7 Å². The highest BCUT2D eigenvalue weighted by molar-refractivity contribution is 14.2. The third-order valence-corrected chi connectivity index (χ3v) is 3.13. The highest BCUT2D eigenvalue weighted by Crippen LogP contribution is 2.12. The number of halogens is 2. The Morgan fingerprint density at radius 2 is 2.00 bits per heavy atom. The SMILES string of the molecule is ICCCCSI. The fourth-order valence-corrected chi connectivity index (χ4v) is 2.04. The summed E-state index contributed by atoms with van der Waals surface area (Å²) in [6, 6.07) is 0. The molecule has 0 saturated heterocycles. The summed E-state index contributed by atoms with van der Waals surface area (Å²) >= 11 is 4.76. The average molecular weight is 342 g/mol. The fourth-order valence-electron chi connectivity index (χ4n) is 0.251. The van der Waals surface area contributed by atoms with E-state index in [1.54, 1.807) is 0 Å². The van der Waals surface area contributed by atoms with E-state index in [4.69, 9.17) is 0 Å². The first kappa shape index (κ1) is 8.81. The molecule has 3 heteroatoms. The Kier molecular flexibility index (Phi) is 9.83. The third-order valence-electron chi connectivity index (χ3n) is 0.605. The van der Waals surface area contributed by atoms with Gasteiger partial charge in [-0.25, -0.2) is 0 Å². The topological polar surface area (TPSA) is 0 Å². The number of hydrogen-bond donors (Lipinski definition) is 0. The smallest absolute Gasteiger partial charge is 0.00337 e. The Labute approximate surface area is 74.9 Å². The van der Waals surface area contributed by atoms with E-state index in [2.05, 4.69) is 43.8 Å². The molecule has 0 saturated carbocycles. The van der Waals surface area contributed by atoms with E-state index in [0.29, 0.717) is 0 Å². The molecule has 0 atom stereocenters. The standard InChI is InChI=1S/C4H8I2S/c5-3-1-2-4-7-6/h1-4H2. The second-order valence-electron chi connectivity index (χ2n) is 1.21. The van der Waals surface area contributed by atoms with Gasteiger partial charge < -0.3 is 0 Å². The molecule has 0 aliphatic heterocycles. The molecule has 0 heterocycles. The molecule has 0 fully saturated rings. The molecular formula is C4H8I2S. The molecule has 0 N–H and O–H groups in total. The van der Waals surface area contributed by atoms with Crippen LogP contribution in [0.25, 0.3) is 0 Å². The second-order valence-corrected chi connectivity index (χ2v) is 4.78. The largest absolute Gasteiger partial charge is 0.0894 e. The molecule has 0 aromatic carbocycles. The van der Waals surface area contributed by atoms with Gasteiger partial charge in [0, 0.05) is 5.75 Å².